The number of nitrogens with zero attached hydrogens (tertiary/aromatic N) is 1. The van der Waals surface area contributed by atoms with Crippen LogP contribution in [0, 0.1) is 5.41 Å². The van der Waals surface area contributed by atoms with E-state index in [0.29, 0.717) is 5.41 Å². The van der Waals surface area contributed by atoms with Crippen LogP contribution in [0.25, 0.3) is 10.9 Å². The van der Waals surface area contributed by atoms with Gasteiger partial charge in [-0.05, 0) is 29.9 Å². The topological polar surface area (TPSA) is 25.2 Å². The van der Waals surface area contributed by atoms with Gasteiger partial charge in [-0.3, -0.25) is 0 Å². The third-order valence-electron chi connectivity index (χ3n) is 4.17. The van der Waals surface area contributed by atoms with Crippen molar-refractivity contribution in [2.24, 2.45) is 5.41 Å². The van der Waals surface area contributed by atoms with E-state index in [4.69, 9.17) is 0 Å². The molecule has 0 amide bonds. The van der Waals surface area contributed by atoms with Crippen LogP contribution in [0.5, 0.6) is 0 Å². The average Bonchev–Trinajstić information content (AvgIpc) is 2.51. The van der Waals surface area contributed by atoms with Crippen LogP contribution < -0.4 is 0 Å². The summed E-state index contributed by atoms with van der Waals surface area (Å²) >= 11 is 0. The van der Waals surface area contributed by atoms with Crippen LogP contribution in [-0.4, -0.2) is 9.94 Å². The van der Waals surface area contributed by atoms with Gasteiger partial charge in [0.1, 0.15) is 0 Å². The zero-order valence-corrected chi connectivity index (χ0v) is 11.6. The summed E-state index contributed by atoms with van der Waals surface area (Å²) in [6, 6.07) is 8.16. The molecule has 2 nitrogen and oxygen atoms in total. The highest BCUT2D eigenvalue weighted by molar-refractivity contribution is 5.86. The first-order valence-electron chi connectivity index (χ1n) is 6.64. The van der Waals surface area contributed by atoms with Crippen LogP contribution in [0.3, 0.4) is 0 Å². The van der Waals surface area contributed by atoms with Crippen molar-refractivity contribution < 1.29 is 5.21 Å². The van der Waals surface area contributed by atoms with Crippen molar-refractivity contribution in [3.05, 3.63) is 35.5 Å². The molecule has 0 spiro atoms. The summed E-state index contributed by atoms with van der Waals surface area (Å²) < 4.78 is 1.42. The standard InChI is InChI=1S/C16H21NO/c1-15(2)9-12-11-7-5-6-8-13(11)17(18)14(12)16(3,4)10-15/h5-8,18H,9-10H2,1-4H3. The highest BCUT2D eigenvalue weighted by Gasteiger charge is 2.41. The molecule has 0 atom stereocenters. The molecule has 0 unspecified atom stereocenters. The van der Waals surface area contributed by atoms with Crippen molar-refractivity contribution in [1.29, 1.82) is 0 Å². The summed E-state index contributed by atoms with van der Waals surface area (Å²) in [6.45, 7) is 9.11. The van der Waals surface area contributed by atoms with Crippen LogP contribution in [0.15, 0.2) is 24.3 Å². The number of rotatable bonds is 0. The molecule has 0 saturated heterocycles. The molecule has 1 heterocycles. The van der Waals surface area contributed by atoms with Crippen molar-refractivity contribution in [1.82, 2.24) is 4.73 Å². The lowest BCUT2D eigenvalue weighted by Crippen LogP contribution is -2.35. The van der Waals surface area contributed by atoms with Crippen LogP contribution >= 0.6 is 0 Å². The van der Waals surface area contributed by atoms with Crippen molar-refractivity contribution in [2.75, 3.05) is 0 Å². The van der Waals surface area contributed by atoms with Gasteiger partial charge >= 0.3 is 0 Å². The number of para-hydroxylation sites is 1. The second-order valence-corrected chi connectivity index (χ2v) is 7.06. The Morgan fingerprint density at radius 1 is 1.11 bits per heavy atom. The smallest absolute Gasteiger partial charge is 0.0871 e. The summed E-state index contributed by atoms with van der Waals surface area (Å²) in [6.07, 6.45) is 2.14. The van der Waals surface area contributed by atoms with Gasteiger partial charge in [-0.15, -0.1) is 0 Å². The monoisotopic (exact) mass is 243 g/mol. The Bertz CT molecular complexity index is 619. The first kappa shape index (κ1) is 11.6. The van der Waals surface area contributed by atoms with Gasteiger partial charge in [0, 0.05) is 10.8 Å². The summed E-state index contributed by atoms with van der Waals surface area (Å²) in [4.78, 5) is 0. The van der Waals surface area contributed by atoms with E-state index in [0.717, 1.165) is 24.1 Å². The fraction of sp³-hybridized carbons (Fsp3) is 0.500. The summed E-state index contributed by atoms with van der Waals surface area (Å²) in [5, 5.41) is 11.7. The third kappa shape index (κ3) is 1.48. The van der Waals surface area contributed by atoms with Gasteiger partial charge in [-0.25, -0.2) is 0 Å². The second kappa shape index (κ2) is 3.31. The molecule has 1 aliphatic rings. The van der Waals surface area contributed by atoms with Crippen molar-refractivity contribution in [3.8, 4) is 0 Å². The number of fused-ring (bicyclic) bond motifs is 3. The maximum Gasteiger partial charge on any atom is 0.0871 e. The van der Waals surface area contributed by atoms with E-state index in [-0.39, 0.29) is 5.41 Å². The first-order valence-corrected chi connectivity index (χ1v) is 6.64. The molecule has 1 aromatic carbocycles. The summed E-state index contributed by atoms with van der Waals surface area (Å²) in [5.74, 6) is 0. The van der Waals surface area contributed by atoms with Gasteiger partial charge in [0.25, 0.3) is 0 Å². The normalized spacial score (nSPS) is 20.9. The predicted octanol–water partition coefficient (Wildman–Crippen LogP) is 4.13. The fourth-order valence-electron chi connectivity index (χ4n) is 3.98. The van der Waals surface area contributed by atoms with Crippen LogP contribution in [0.1, 0.15) is 45.4 Å². The molecular weight excluding hydrogens is 222 g/mol. The number of hydrogen-bond donors (Lipinski definition) is 1. The largest absolute Gasteiger partial charge is 0.428 e. The molecule has 0 bridgehead atoms. The van der Waals surface area contributed by atoms with E-state index < -0.39 is 0 Å². The lowest BCUT2D eigenvalue weighted by molar-refractivity contribution is 0.148. The van der Waals surface area contributed by atoms with Crippen molar-refractivity contribution in [3.63, 3.8) is 0 Å². The van der Waals surface area contributed by atoms with Crippen molar-refractivity contribution in [2.45, 2.75) is 46.0 Å². The number of hydrogen-bond acceptors (Lipinski definition) is 1. The molecule has 2 heteroatoms. The lowest BCUT2D eigenvalue weighted by Gasteiger charge is -2.40. The molecule has 0 aliphatic heterocycles. The molecule has 3 rings (SSSR count). The molecule has 0 radical (unpaired) electrons. The Labute approximate surface area is 108 Å². The van der Waals surface area contributed by atoms with E-state index in [1.54, 1.807) is 0 Å². The lowest BCUT2D eigenvalue weighted by atomic mass is 9.64. The molecule has 0 fully saturated rings. The van der Waals surface area contributed by atoms with Gasteiger partial charge in [0.2, 0.25) is 0 Å². The van der Waals surface area contributed by atoms with Gasteiger partial charge in [0.15, 0.2) is 0 Å². The second-order valence-electron chi connectivity index (χ2n) is 7.06. The van der Waals surface area contributed by atoms with Crippen molar-refractivity contribution >= 4 is 10.9 Å². The van der Waals surface area contributed by atoms with E-state index >= 15 is 0 Å². The SMILES string of the molecule is CC1(C)Cc2c(n(O)c3ccccc23)C(C)(C)C1. The Kier molecular flexibility index (Phi) is 2.14. The van der Waals surface area contributed by atoms with Gasteiger partial charge in [0.05, 0.1) is 11.2 Å². The zero-order chi connectivity index (χ0) is 13.1. The zero-order valence-electron chi connectivity index (χ0n) is 11.6. The van der Waals surface area contributed by atoms with E-state index in [9.17, 15) is 5.21 Å². The van der Waals surface area contributed by atoms with E-state index in [1.807, 2.05) is 12.1 Å². The Morgan fingerprint density at radius 2 is 1.78 bits per heavy atom. The Morgan fingerprint density at radius 3 is 2.50 bits per heavy atom. The molecule has 1 aromatic heterocycles. The highest BCUT2D eigenvalue weighted by Crippen LogP contribution is 2.48. The van der Waals surface area contributed by atoms with Crippen LogP contribution in [-0.2, 0) is 11.8 Å². The number of benzene rings is 1. The maximum atomic E-state index is 10.5. The van der Waals surface area contributed by atoms with Gasteiger partial charge in [-0.1, -0.05) is 45.9 Å². The minimum Gasteiger partial charge on any atom is -0.428 e. The molecule has 1 aliphatic carbocycles. The summed E-state index contributed by atoms with van der Waals surface area (Å²) in [7, 11) is 0. The minimum absolute atomic E-state index is 0.0187. The molecule has 96 valence electrons. The van der Waals surface area contributed by atoms with Crippen LogP contribution in [0.2, 0.25) is 0 Å². The summed E-state index contributed by atoms with van der Waals surface area (Å²) in [5.41, 5.74) is 3.68. The Hall–Kier alpha value is -1.44. The first-order chi connectivity index (χ1) is 8.32. The van der Waals surface area contributed by atoms with E-state index in [2.05, 4.69) is 39.8 Å². The molecular formula is C16H21NO. The fourth-order valence-corrected chi connectivity index (χ4v) is 3.98. The molecule has 2 aromatic rings. The predicted molar refractivity (Wildman–Crippen MR) is 74.3 cm³/mol. The minimum atomic E-state index is 0.0187. The highest BCUT2D eigenvalue weighted by atomic mass is 16.5. The van der Waals surface area contributed by atoms with E-state index in [1.165, 1.54) is 15.7 Å². The van der Waals surface area contributed by atoms with Crippen LogP contribution in [0.4, 0.5) is 0 Å². The molecule has 1 N–H and O–H groups in total. The molecule has 0 saturated carbocycles. The molecule has 18 heavy (non-hydrogen) atoms. The average molecular weight is 243 g/mol. The number of aromatic nitrogens is 1. The van der Waals surface area contributed by atoms with Gasteiger partial charge in [-0.2, -0.15) is 4.73 Å². The quantitative estimate of drug-likeness (QED) is 0.691. The Balaban J connectivity index is 2.39. The third-order valence-corrected chi connectivity index (χ3v) is 4.17. The van der Waals surface area contributed by atoms with Gasteiger partial charge < -0.3 is 5.21 Å². The maximum absolute atomic E-state index is 10.5.